The van der Waals surface area contributed by atoms with Gasteiger partial charge in [-0.15, -0.1) is 0 Å². The smallest absolute Gasteiger partial charge is 0.135 e. The highest BCUT2D eigenvalue weighted by Crippen LogP contribution is 2.46. The molecular formula is C14H8Br2O. The molecule has 0 fully saturated rings. The summed E-state index contributed by atoms with van der Waals surface area (Å²) in [6, 6.07) is 16.1. The summed E-state index contributed by atoms with van der Waals surface area (Å²) in [7, 11) is 0. The van der Waals surface area contributed by atoms with Crippen molar-refractivity contribution < 1.29 is 4.74 Å². The zero-order valence-electron chi connectivity index (χ0n) is 8.78. The minimum Gasteiger partial charge on any atom is -0.456 e. The molecule has 84 valence electrons. The Morgan fingerprint density at radius 3 is 1.71 bits per heavy atom. The molecule has 1 nitrogen and oxygen atoms in total. The molecule has 1 aliphatic rings. The van der Waals surface area contributed by atoms with E-state index in [1.165, 1.54) is 0 Å². The van der Waals surface area contributed by atoms with Crippen molar-refractivity contribution in [3.05, 3.63) is 63.0 Å². The molecule has 17 heavy (non-hydrogen) atoms. The van der Waals surface area contributed by atoms with E-state index in [-0.39, 0.29) is 0 Å². The third-order valence-electron chi connectivity index (χ3n) is 2.72. The van der Waals surface area contributed by atoms with Gasteiger partial charge in [0, 0.05) is 16.7 Å². The van der Waals surface area contributed by atoms with Crippen LogP contribution in [0.25, 0.3) is 5.57 Å². The van der Waals surface area contributed by atoms with Crippen molar-refractivity contribution in [2.24, 2.45) is 0 Å². The van der Waals surface area contributed by atoms with E-state index in [1.807, 2.05) is 36.4 Å². The van der Waals surface area contributed by atoms with Gasteiger partial charge < -0.3 is 4.74 Å². The Balaban J connectivity index is 2.33. The Bertz CT molecular complexity index is 566. The van der Waals surface area contributed by atoms with Crippen molar-refractivity contribution in [1.82, 2.24) is 0 Å². The maximum Gasteiger partial charge on any atom is 0.135 e. The summed E-state index contributed by atoms with van der Waals surface area (Å²) in [4.78, 5) is 0. The van der Waals surface area contributed by atoms with Gasteiger partial charge in [0.1, 0.15) is 11.5 Å². The summed E-state index contributed by atoms with van der Waals surface area (Å²) in [5.74, 6) is 1.77. The van der Waals surface area contributed by atoms with E-state index in [9.17, 15) is 0 Å². The number of rotatable bonds is 0. The predicted molar refractivity (Wildman–Crippen MR) is 76.8 cm³/mol. The highest BCUT2D eigenvalue weighted by molar-refractivity contribution is 9.28. The molecule has 0 bridgehead atoms. The van der Waals surface area contributed by atoms with Gasteiger partial charge in [0.15, 0.2) is 0 Å². The highest BCUT2D eigenvalue weighted by Gasteiger charge is 2.22. The monoisotopic (exact) mass is 350 g/mol. The highest BCUT2D eigenvalue weighted by atomic mass is 79.9. The number of hydrogen-bond donors (Lipinski definition) is 0. The fourth-order valence-electron chi connectivity index (χ4n) is 1.99. The van der Waals surface area contributed by atoms with E-state index >= 15 is 0 Å². The van der Waals surface area contributed by atoms with Crippen LogP contribution in [0.1, 0.15) is 11.1 Å². The lowest BCUT2D eigenvalue weighted by molar-refractivity contribution is 0.474. The van der Waals surface area contributed by atoms with E-state index in [0.717, 1.165) is 31.6 Å². The molecule has 0 saturated carbocycles. The minimum atomic E-state index is 0.887. The summed E-state index contributed by atoms with van der Waals surface area (Å²) >= 11 is 7.03. The first-order valence-corrected chi connectivity index (χ1v) is 6.78. The number of ether oxygens (including phenoxy) is 1. The van der Waals surface area contributed by atoms with Crippen molar-refractivity contribution in [3.63, 3.8) is 0 Å². The molecule has 0 unspecified atom stereocenters. The fraction of sp³-hybridized carbons (Fsp3) is 0. The van der Waals surface area contributed by atoms with Crippen LogP contribution in [0.5, 0.6) is 11.5 Å². The molecule has 0 spiro atoms. The Morgan fingerprint density at radius 2 is 1.24 bits per heavy atom. The molecule has 0 atom stereocenters. The van der Waals surface area contributed by atoms with Gasteiger partial charge in [-0.05, 0) is 44.0 Å². The van der Waals surface area contributed by atoms with Crippen molar-refractivity contribution in [1.29, 1.82) is 0 Å². The molecule has 1 heterocycles. The molecule has 2 aromatic carbocycles. The van der Waals surface area contributed by atoms with Gasteiger partial charge in [0.05, 0.1) is 3.39 Å². The standard InChI is InChI=1S/C14H8Br2O/c15-14(16)13-9-5-1-3-7-11(9)17-12-8-4-2-6-10(12)13/h1-8H. The van der Waals surface area contributed by atoms with Crippen LogP contribution in [0.15, 0.2) is 51.9 Å². The van der Waals surface area contributed by atoms with Crippen LogP contribution >= 0.6 is 31.9 Å². The van der Waals surface area contributed by atoms with Crippen LogP contribution < -0.4 is 4.74 Å². The van der Waals surface area contributed by atoms with Gasteiger partial charge >= 0.3 is 0 Å². The molecule has 0 aromatic heterocycles. The first-order valence-electron chi connectivity index (χ1n) is 5.19. The van der Waals surface area contributed by atoms with Gasteiger partial charge in [-0.25, -0.2) is 0 Å². The third-order valence-corrected chi connectivity index (χ3v) is 3.51. The van der Waals surface area contributed by atoms with Crippen molar-refractivity contribution >= 4 is 37.4 Å². The summed E-state index contributed by atoms with van der Waals surface area (Å²) in [6.45, 7) is 0. The van der Waals surface area contributed by atoms with Gasteiger partial charge in [-0.3, -0.25) is 0 Å². The molecule has 0 aliphatic carbocycles. The number of hydrogen-bond acceptors (Lipinski definition) is 1. The molecular weight excluding hydrogens is 344 g/mol. The molecule has 3 rings (SSSR count). The van der Waals surface area contributed by atoms with E-state index in [1.54, 1.807) is 0 Å². The summed E-state index contributed by atoms with van der Waals surface area (Å²) in [5.41, 5.74) is 3.31. The SMILES string of the molecule is BrC(Br)=C1c2ccccc2Oc2ccccc21. The topological polar surface area (TPSA) is 9.23 Å². The summed E-state index contributed by atoms with van der Waals surface area (Å²) in [6.07, 6.45) is 0. The van der Waals surface area contributed by atoms with Gasteiger partial charge in [0.2, 0.25) is 0 Å². The molecule has 3 heteroatoms. The van der Waals surface area contributed by atoms with Crippen molar-refractivity contribution in [2.75, 3.05) is 0 Å². The Morgan fingerprint density at radius 1 is 0.765 bits per heavy atom. The zero-order chi connectivity index (χ0) is 11.8. The van der Waals surface area contributed by atoms with Gasteiger partial charge in [-0.1, -0.05) is 36.4 Å². The van der Waals surface area contributed by atoms with Crippen molar-refractivity contribution in [2.45, 2.75) is 0 Å². The number of fused-ring (bicyclic) bond motifs is 2. The van der Waals surface area contributed by atoms with Crippen LogP contribution in [-0.4, -0.2) is 0 Å². The number of benzene rings is 2. The van der Waals surface area contributed by atoms with Gasteiger partial charge in [0.25, 0.3) is 0 Å². The Labute approximate surface area is 116 Å². The van der Waals surface area contributed by atoms with Crippen molar-refractivity contribution in [3.8, 4) is 11.5 Å². The maximum absolute atomic E-state index is 5.88. The summed E-state index contributed by atoms with van der Waals surface area (Å²) < 4.78 is 6.82. The minimum absolute atomic E-state index is 0.887. The average molecular weight is 352 g/mol. The normalized spacial score (nSPS) is 12.5. The molecule has 1 aliphatic heterocycles. The van der Waals surface area contributed by atoms with Crippen LogP contribution in [0, 0.1) is 0 Å². The lowest BCUT2D eigenvalue weighted by Crippen LogP contribution is -2.02. The quantitative estimate of drug-likeness (QED) is 0.534. The first kappa shape index (κ1) is 11.1. The largest absolute Gasteiger partial charge is 0.456 e. The Hall–Kier alpha value is -1.06. The molecule has 2 aromatic rings. The third kappa shape index (κ3) is 1.83. The van der Waals surface area contributed by atoms with Crippen LogP contribution in [0.3, 0.4) is 0 Å². The fourth-order valence-corrected chi connectivity index (χ4v) is 2.85. The first-order chi connectivity index (χ1) is 8.27. The lowest BCUT2D eigenvalue weighted by Gasteiger charge is -2.22. The van der Waals surface area contributed by atoms with Crippen LogP contribution in [0.2, 0.25) is 0 Å². The number of para-hydroxylation sites is 2. The van der Waals surface area contributed by atoms with E-state index in [4.69, 9.17) is 4.74 Å². The molecule has 0 N–H and O–H groups in total. The Kier molecular flexibility index (Phi) is 2.81. The predicted octanol–water partition coefficient (Wildman–Crippen LogP) is 5.30. The second-order valence-electron chi connectivity index (χ2n) is 3.73. The molecule has 0 radical (unpaired) electrons. The lowest BCUT2D eigenvalue weighted by atomic mass is 9.96. The second-order valence-corrected chi connectivity index (χ2v) is 6.38. The van der Waals surface area contributed by atoms with Crippen LogP contribution in [-0.2, 0) is 0 Å². The zero-order valence-corrected chi connectivity index (χ0v) is 12.0. The van der Waals surface area contributed by atoms with E-state index in [2.05, 4.69) is 44.0 Å². The molecule has 0 saturated heterocycles. The summed E-state index contributed by atoms with van der Waals surface area (Å²) in [5, 5.41) is 0. The second kappa shape index (κ2) is 4.31. The number of halogens is 2. The van der Waals surface area contributed by atoms with E-state index in [0.29, 0.717) is 0 Å². The molecule has 0 amide bonds. The van der Waals surface area contributed by atoms with Gasteiger partial charge in [-0.2, -0.15) is 0 Å². The average Bonchev–Trinajstić information content (AvgIpc) is 2.35. The van der Waals surface area contributed by atoms with E-state index < -0.39 is 0 Å². The maximum atomic E-state index is 5.88. The van der Waals surface area contributed by atoms with Crippen LogP contribution in [0.4, 0.5) is 0 Å².